The van der Waals surface area contributed by atoms with Crippen LogP contribution in [-0.2, 0) is 11.3 Å². The number of amides is 1. The van der Waals surface area contributed by atoms with E-state index in [0.29, 0.717) is 6.04 Å². The number of tetrazole rings is 1. The second-order valence-electron chi connectivity index (χ2n) is 4.39. The van der Waals surface area contributed by atoms with Crippen molar-refractivity contribution in [2.75, 3.05) is 6.54 Å². The van der Waals surface area contributed by atoms with E-state index in [-0.39, 0.29) is 12.5 Å². The molecule has 6 heteroatoms. The number of rotatable bonds is 2. The van der Waals surface area contributed by atoms with E-state index < -0.39 is 0 Å². The van der Waals surface area contributed by atoms with Crippen molar-refractivity contribution in [3.8, 4) is 0 Å². The molecule has 6 nitrogen and oxygen atoms in total. The Morgan fingerprint density at radius 1 is 1.47 bits per heavy atom. The van der Waals surface area contributed by atoms with Crippen LogP contribution in [0.1, 0.15) is 19.3 Å². The third-order valence-electron chi connectivity index (χ3n) is 3.42. The van der Waals surface area contributed by atoms with Crippen molar-refractivity contribution >= 4 is 5.91 Å². The molecule has 2 fully saturated rings. The van der Waals surface area contributed by atoms with E-state index >= 15 is 0 Å². The summed E-state index contributed by atoms with van der Waals surface area (Å²) in [5, 5.41) is 10.7. The van der Waals surface area contributed by atoms with Crippen LogP contribution in [0, 0.1) is 5.92 Å². The Morgan fingerprint density at radius 3 is 3.00 bits per heavy atom. The smallest absolute Gasteiger partial charge is 0.244 e. The van der Waals surface area contributed by atoms with Gasteiger partial charge in [-0.3, -0.25) is 4.79 Å². The zero-order chi connectivity index (χ0) is 10.3. The Hall–Kier alpha value is -1.46. The lowest BCUT2D eigenvalue weighted by molar-refractivity contribution is -0.133. The highest BCUT2D eigenvalue weighted by molar-refractivity contribution is 5.76. The SMILES string of the molecule is O=C(Cn1cnnn1)N1CC2CCC1C2. The maximum absolute atomic E-state index is 11.9. The summed E-state index contributed by atoms with van der Waals surface area (Å²) in [5.74, 6) is 0.891. The van der Waals surface area contributed by atoms with Gasteiger partial charge in [0.15, 0.2) is 0 Å². The molecule has 1 aromatic heterocycles. The normalized spacial score (nSPS) is 28.7. The molecule has 1 amide bonds. The van der Waals surface area contributed by atoms with Gasteiger partial charge in [-0.2, -0.15) is 0 Å². The highest BCUT2D eigenvalue weighted by atomic mass is 16.2. The average Bonchev–Trinajstić information content (AvgIpc) is 2.93. The number of aromatic nitrogens is 4. The van der Waals surface area contributed by atoms with Crippen molar-refractivity contribution in [1.82, 2.24) is 25.1 Å². The van der Waals surface area contributed by atoms with Crippen molar-refractivity contribution in [3.63, 3.8) is 0 Å². The fraction of sp³-hybridized carbons (Fsp3) is 0.778. The van der Waals surface area contributed by atoms with Crippen molar-refractivity contribution in [3.05, 3.63) is 6.33 Å². The van der Waals surface area contributed by atoms with Gasteiger partial charge in [-0.15, -0.1) is 5.10 Å². The number of hydrogen-bond acceptors (Lipinski definition) is 4. The van der Waals surface area contributed by atoms with Crippen LogP contribution in [0.4, 0.5) is 0 Å². The zero-order valence-electron chi connectivity index (χ0n) is 8.41. The maximum Gasteiger partial charge on any atom is 0.244 e. The van der Waals surface area contributed by atoms with Gasteiger partial charge in [0.2, 0.25) is 5.91 Å². The summed E-state index contributed by atoms with van der Waals surface area (Å²) in [7, 11) is 0. The molecule has 0 aromatic carbocycles. The van der Waals surface area contributed by atoms with Crippen LogP contribution in [0.5, 0.6) is 0 Å². The van der Waals surface area contributed by atoms with Crippen LogP contribution >= 0.6 is 0 Å². The van der Waals surface area contributed by atoms with E-state index in [0.717, 1.165) is 12.5 Å². The van der Waals surface area contributed by atoms with Crippen LogP contribution < -0.4 is 0 Å². The first-order valence-electron chi connectivity index (χ1n) is 5.33. The molecule has 1 saturated heterocycles. The van der Waals surface area contributed by atoms with Crippen molar-refractivity contribution in [2.45, 2.75) is 31.8 Å². The molecular weight excluding hydrogens is 194 g/mol. The first kappa shape index (κ1) is 8.82. The van der Waals surface area contributed by atoms with Crippen LogP contribution in [0.3, 0.4) is 0 Å². The van der Waals surface area contributed by atoms with Gasteiger partial charge in [-0.25, -0.2) is 4.68 Å². The molecule has 15 heavy (non-hydrogen) atoms. The van der Waals surface area contributed by atoms with Crippen LogP contribution in [-0.4, -0.2) is 43.6 Å². The van der Waals surface area contributed by atoms with Gasteiger partial charge in [0.25, 0.3) is 0 Å². The average molecular weight is 207 g/mol. The molecular formula is C9H13N5O. The lowest BCUT2D eigenvalue weighted by Gasteiger charge is -2.26. The monoisotopic (exact) mass is 207 g/mol. The molecule has 2 aliphatic rings. The number of hydrogen-bond donors (Lipinski definition) is 0. The number of piperidine rings is 1. The first-order valence-corrected chi connectivity index (χ1v) is 5.33. The molecule has 2 atom stereocenters. The van der Waals surface area contributed by atoms with Gasteiger partial charge < -0.3 is 4.90 Å². The fourth-order valence-corrected chi connectivity index (χ4v) is 2.71. The van der Waals surface area contributed by atoms with E-state index in [1.807, 2.05) is 4.90 Å². The molecule has 0 spiro atoms. The summed E-state index contributed by atoms with van der Waals surface area (Å²) in [4.78, 5) is 13.9. The summed E-state index contributed by atoms with van der Waals surface area (Å²) >= 11 is 0. The van der Waals surface area contributed by atoms with Gasteiger partial charge in [0, 0.05) is 12.6 Å². The summed E-state index contributed by atoms with van der Waals surface area (Å²) in [6.07, 6.45) is 5.14. The van der Waals surface area contributed by atoms with Gasteiger partial charge in [-0.1, -0.05) is 0 Å². The van der Waals surface area contributed by atoms with Crippen molar-refractivity contribution in [2.24, 2.45) is 5.92 Å². The summed E-state index contributed by atoms with van der Waals surface area (Å²) < 4.78 is 1.48. The van der Waals surface area contributed by atoms with Gasteiger partial charge >= 0.3 is 0 Å². The minimum atomic E-state index is 0.148. The molecule has 3 rings (SSSR count). The molecule has 2 unspecified atom stereocenters. The Balaban J connectivity index is 1.66. The van der Waals surface area contributed by atoms with Gasteiger partial charge in [-0.05, 0) is 35.6 Å². The summed E-state index contributed by atoms with van der Waals surface area (Å²) in [6.45, 7) is 1.21. The number of nitrogens with zero attached hydrogens (tertiary/aromatic N) is 5. The highest BCUT2D eigenvalue weighted by Crippen LogP contribution is 2.37. The number of fused-ring (bicyclic) bond motifs is 2. The Morgan fingerprint density at radius 2 is 2.40 bits per heavy atom. The van der Waals surface area contributed by atoms with Gasteiger partial charge in [0.1, 0.15) is 12.9 Å². The Kier molecular flexibility index (Phi) is 1.93. The molecule has 80 valence electrons. The highest BCUT2D eigenvalue weighted by Gasteiger charge is 2.40. The maximum atomic E-state index is 11.9. The molecule has 1 aliphatic heterocycles. The third kappa shape index (κ3) is 1.49. The van der Waals surface area contributed by atoms with E-state index in [9.17, 15) is 4.79 Å². The van der Waals surface area contributed by atoms with Crippen molar-refractivity contribution in [1.29, 1.82) is 0 Å². The predicted octanol–water partition coefficient (Wildman–Crippen LogP) is -0.316. The quantitative estimate of drug-likeness (QED) is 0.667. The molecule has 2 bridgehead atoms. The topological polar surface area (TPSA) is 63.9 Å². The van der Waals surface area contributed by atoms with Gasteiger partial charge in [0.05, 0.1) is 0 Å². The molecule has 1 aliphatic carbocycles. The lowest BCUT2D eigenvalue weighted by atomic mass is 10.1. The Labute approximate surface area is 87.2 Å². The minimum Gasteiger partial charge on any atom is -0.338 e. The summed E-state index contributed by atoms with van der Waals surface area (Å²) in [5.41, 5.74) is 0. The first-order chi connectivity index (χ1) is 7.33. The van der Waals surface area contributed by atoms with Crippen LogP contribution in [0.2, 0.25) is 0 Å². The number of carbonyl (C=O) groups excluding carboxylic acids is 1. The largest absolute Gasteiger partial charge is 0.338 e. The second-order valence-corrected chi connectivity index (χ2v) is 4.39. The minimum absolute atomic E-state index is 0.148. The second kappa shape index (κ2) is 3.29. The number of carbonyl (C=O) groups is 1. The molecule has 1 aromatic rings. The van der Waals surface area contributed by atoms with E-state index in [1.54, 1.807) is 0 Å². The summed E-state index contributed by atoms with van der Waals surface area (Å²) in [6, 6.07) is 0.485. The zero-order valence-corrected chi connectivity index (χ0v) is 8.41. The fourth-order valence-electron chi connectivity index (χ4n) is 2.71. The molecule has 2 heterocycles. The van der Waals surface area contributed by atoms with E-state index in [1.165, 1.54) is 30.3 Å². The standard InChI is InChI=1S/C9H13N5O/c15-9(5-13-6-10-11-12-13)14-4-7-1-2-8(14)3-7/h6-8H,1-5H2. The number of likely N-dealkylation sites (tertiary alicyclic amines) is 1. The van der Waals surface area contributed by atoms with E-state index in [2.05, 4.69) is 15.5 Å². The van der Waals surface area contributed by atoms with Crippen LogP contribution in [0.15, 0.2) is 6.33 Å². The molecule has 0 N–H and O–H groups in total. The third-order valence-corrected chi connectivity index (χ3v) is 3.42. The Bertz CT molecular complexity index is 363. The molecule has 0 radical (unpaired) electrons. The molecule has 1 saturated carbocycles. The van der Waals surface area contributed by atoms with Crippen LogP contribution in [0.25, 0.3) is 0 Å². The lowest BCUT2D eigenvalue weighted by Crippen LogP contribution is -2.39. The van der Waals surface area contributed by atoms with Crippen molar-refractivity contribution < 1.29 is 4.79 Å². The predicted molar refractivity (Wildman–Crippen MR) is 50.7 cm³/mol. The van der Waals surface area contributed by atoms with E-state index in [4.69, 9.17) is 0 Å².